The van der Waals surface area contributed by atoms with Crippen LogP contribution >= 0.6 is 0 Å². The number of rotatable bonds is 5. The second-order valence-corrected chi connectivity index (χ2v) is 13.6. The van der Waals surface area contributed by atoms with Crippen molar-refractivity contribution in [3.05, 3.63) is 188 Å². The van der Waals surface area contributed by atoms with E-state index in [1.165, 1.54) is 32.3 Å². The van der Waals surface area contributed by atoms with Gasteiger partial charge in [0.1, 0.15) is 0 Å². The van der Waals surface area contributed by atoms with Crippen LogP contribution in [0.4, 0.5) is 0 Å². The zero-order valence-electron chi connectivity index (χ0n) is 29.1. The Hall–Kier alpha value is -7.37. The molecule has 3 aromatic heterocycles. The minimum atomic E-state index is 0.572. The van der Waals surface area contributed by atoms with Crippen molar-refractivity contribution in [2.24, 2.45) is 0 Å². The standard InChI is InChI=1S/C49H31N5/c1-5-17-32(18-6-1)39-31-43-44(37-26-14-13-25-36(37)39)46-42(30-29-41-45(46)38-27-15-16-28-40(38)53(41)35-23-11-4-12-24-35)54(43)49-51-47(33-19-7-2-8-20-33)50-48(52-49)34-21-9-3-10-22-34/h1-31H. The molecule has 11 aromatic rings. The molecule has 0 aliphatic rings. The van der Waals surface area contributed by atoms with Crippen molar-refractivity contribution in [3.63, 3.8) is 0 Å². The predicted octanol–water partition coefficient (Wildman–Crippen LogP) is 12.2. The minimum absolute atomic E-state index is 0.572. The third-order valence-electron chi connectivity index (χ3n) is 10.6. The third kappa shape index (κ3) is 4.62. The van der Waals surface area contributed by atoms with Gasteiger partial charge in [-0.1, -0.05) is 152 Å². The van der Waals surface area contributed by atoms with E-state index in [2.05, 4.69) is 161 Å². The first kappa shape index (κ1) is 30.3. The van der Waals surface area contributed by atoms with Crippen LogP contribution in [0.3, 0.4) is 0 Å². The molecule has 0 aliphatic carbocycles. The van der Waals surface area contributed by atoms with E-state index in [0.29, 0.717) is 17.6 Å². The van der Waals surface area contributed by atoms with Crippen molar-refractivity contribution < 1.29 is 0 Å². The molecule has 0 bridgehead atoms. The summed E-state index contributed by atoms with van der Waals surface area (Å²) < 4.78 is 4.65. The molecule has 0 amide bonds. The van der Waals surface area contributed by atoms with E-state index in [0.717, 1.165) is 50.0 Å². The van der Waals surface area contributed by atoms with Crippen LogP contribution in [0.15, 0.2) is 188 Å². The van der Waals surface area contributed by atoms with Crippen molar-refractivity contribution in [2.75, 3.05) is 0 Å². The Labute approximate surface area is 311 Å². The van der Waals surface area contributed by atoms with Crippen molar-refractivity contribution in [2.45, 2.75) is 0 Å². The summed E-state index contributed by atoms with van der Waals surface area (Å²) in [6.07, 6.45) is 0. The van der Waals surface area contributed by atoms with E-state index in [-0.39, 0.29) is 0 Å². The first-order valence-electron chi connectivity index (χ1n) is 18.2. The van der Waals surface area contributed by atoms with Gasteiger partial charge in [0.15, 0.2) is 11.6 Å². The van der Waals surface area contributed by atoms with Crippen LogP contribution in [-0.2, 0) is 0 Å². The van der Waals surface area contributed by atoms with Crippen molar-refractivity contribution in [3.8, 4) is 45.5 Å². The molecule has 0 unspecified atom stereocenters. The lowest BCUT2D eigenvalue weighted by Crippen LogP contribution is -2.06. The van der Waals surface area contributed by atoms with E-state index in [9.17, 15) is 0 Å². The molecule has 54 heavy (non-hydrogen) atoms. The topological polar surface area (TPSA) is 48.5 Å². The number of benzene rings is 8. The van der Waals surface area contributed by atoms with E-state index in [4.69, 9.17) is 15.0 Å². The molecule has 0 atom stereocenters. The first-order chi connectivity index (χ1) is 26.8. The SMILES string of the molecule is c1ccc(-c2nc(-c3ccccc3)nc(-n3c4cc(-c5ccccc5)c5ccccc5c4c4c5c6ccccc6n(-c6ccccc6)c5ccc43)n2)cc1. The summed E-state index contributed by atoms with van der Waals surface area (Å²) in [6, 6.07) is 66.1. The highest BCUT2D eigenvalue weighted by Gasteiger charge is 2.25. The molecule has 0 N–H and O–H groups in total. The Balaban J connectivity index is 1.36. The molecule has 11 rings (SSSR count). The maximum atomic E-state index is 5.29. The van der Waals surface area contributed by atoms with Gasteiger partial charge in [-0.2, -0.15) is 9.97 Å². The van der Waals surface area contributed by atoms with Gasteiger partial charge in [0.25, 0.3) is 0 Å². The van der Waals surface area contributed by atoms with Gasteiger partial charge < -0.3 is 4.57 Å². The van der Waals surface area contributed by atoms with Gasteiger partial charge in [0.05, 0.1) is 22.1 Å². The molecule has 5 nitrogen and oxygen atoms in total. The number of hydrogen-bond acceptors (Lipinski definition) is 3. The summed E-state index contributed by atoms with van der Waals surface area (Å²) in [4.78, 5) is 15.6. The smallest absolute Gasteiger partial charge is 0.238 e. The summed E-state index contributed by atoms with van der Waals surface area (Å²) >= 11 is 0. The van der Waals surface area contributed by atoms with Gasteiger partial charge in [-0.05, 0) is 58.3 Å². The second kappa shape index (κ2) is 12.1. The van der Waals surface area contributed by atoms with Crippen LogP contribution in [0.1, 0.15) is 0 Å². The fraction of sp³-hybridized carbons (Fsp3) is 0. The zero-order valence-corrected chi connectivity index (χ0v) is 29.1. The van der Waals surface area contributed by atoms with Gasteiger partial charge >= 0.3 is 0 Å². The average Bonchev–Trinajstić information content (AvgIpc) is 3.77. The van der Waals surface area contributed by atoms with Crippen LogP contribution in [0.2, 0.25) is 0 Å². The second-order valence-electron chi connectivity index (χ2n) is 13.6. The summed E-state index contributed by atoms with van der Waals surface area (Å²) in [5, 5.41) is 7.13. The van der Waals surface area contributed by atoms with Crippen molar-refractivity contribution >= 4 is 54.4 Å². The number of aromatic nitrogens is 5. The molecule has 3 heterocycles. The molecule has 0 aliphatic heterocycles. The molecule has 0 fully saturated rings. The summed E-state index contributed by atoms with van der Waals surface area (Å²) in [5.74, 6) is 1.82. The lowest BCUT2D eigenvalue weighted by Gasteiger charge is -2.13. The maximum Gasteiger partial charge on any atom is 0.238 e. The quantitative estimate of drug-likeness (QED) is 0.181. The van der Waals surface area contributed by atoms with Crippen LogP contribution in [0.25, 0.3) is 99.9 Å². The number of para-hydroxylation sites is 2. The zero-order chi connectivity index (χ0) is 35.6. The maximum absolute atomic E-state index is 5.29. The number of nitrogens with zero attached hydrogens (tertiary/aromatic N) is 5. The summed E-state index contributed by atoms with van der Waals surface area (Å²) in [5.41, 5.74) is 9.69. The molecule has 252 valence electrons. The largest absolute Gasteiger partial charge is 0.309 e. The molecule has 0 spiro atoms. The average molecular weight is 690 g/mol. The highest BCUT2D eigenvalue weighted by atomic mass is 15.2. The van der Waals surface area contributed by atoms with E-state index in [1.807, 2.05) is 36.4 Å². The first-order valence-corrected chi connectivity index (χ1v) is 18.2. The highest BCUT2D eigenvalue weighted by molar-refractivity contribution is 6.34. The normalized spacial score (nSPS) is 11.7. The predicted molar refractivity (Wildman–Crippen MR) is 222 cm³/mol. The highest BCUT2D eigenvalue weighted by Crippen LogP contribution is 2.46. The lowest BCUT2D eigenvalue weighted by atomic mass is 9.94. The van der Waals surface area contributed by atoms with Gasteiger partial charge in [0.2, 0.25) is 5.95 Å². The third-order valence-corrected chi connectivity index (χ3v) is 10.6. The van der Waals surface area contributed by atoms with Gasteiger partial charge in [-0.25, -0.2) is 4.98 Å². The Morgan fingerprint density at radius 2 is 0.796 bits per heavy atom. The molecular formula is C49H31N5. The van der Waals surface area contributed by atoms with E-state index >= 15 is 0 Å². The van der Waals surface area contributed by atoms with Crippen LogP contribution in [0, 0.1) is 0 Å². The van der Waals surface area contributed by atoms with Crippen molar-refractivity contribution in [1.82, 2.24) is 24.1 Å². The summed E-state index contributed by atoms with van der Waals surface area (Å²) in [6.45, 7) is 0. The van der Waals surface area contributed by atoms with E-state index in [1.54, 1.807) is 0 Å². The lowest BCUT2D eigenvalue weighted by molar-refractivity contribution is 0.954. The van der Waals surface area contributed by atoms with Gasteiger partial charge in [-0.15, -0.1) is 0 Å². The Bertz CT molecular complexity index is 3130. The fourth-order valence-electron chi connectivity index (χ4n) is 8.24. The van der Waals surface area contributed by atoms with E-state index < -0.39 is 0 Å². The monoisotopic (exact) mass is 689 g/mol. The Morgan fingerprint density at radius 1 is 0.315 bits per heavy atom. The van der Waals surface area contributed by atoms with Crippen LogP contribution < -0.4 is 0 Å². The minimum Gasteiger partial charge on any atom is -0.309 e. The van der Waals surface area contributed by atoms with Crippen LogP contribution in [-0.4, -0.2) is 24.1 Å². The number of fused-ring (bicyclic) bond motifs is 9. The molecular weight excluding hydrogens is 659 g/mol. The van der Waals surface area contributed by atoms with Crippen LogP contribution in [0.5, 0.6) is 0 Å². The van der Waals surface area contributed by atoms with Gasteiger partial charge in [-0.3, -0.25) is 4.57 Å². The number of hydrogen-bond donors (Lipinski definition) is 0. The Kier molecular flexibility index (Phi) is 6.79. The molecule has 5 heteroatoms. The van der Waals surface area contributed by atoms with Gasteiger partial charge in [0, 0.05) is 38.4 Å². The fourth-order valence-corrected chi connectivity index (χ4v) is 8.24. The van der Waals surface area contributed by atoms with Crippen molar-refractivity contribution in [1.29, 1.82) is 0 Å². The molecule has 0 saturated carbocycles. The summed E-state index contributed by atoms with van der Waals surface area (Å²) in [7, 11) is 0. The molecule has 0 radical (unpaired) electrons. The molecule has 8 aromatic carbocycles. The molecule has 0 saturated heterocycles. The Morgan fingerprint density at radius 3 is 1.43 bits per heavy atom.